The Morgan fingerprint density at radius 2 is 1.96 bits per heavy atom. The van der Waals surface area contributed by atoms with Crippen molar-refractivity contribution in [2.75, 3.05) is 7.11 Å². The molecule has 0 fully saturated rings. The van der Waals surface area contributed by atoms with Crippen molar-refractivity contribution in [1.82, 2.24) is 9.55 Å². The summed E-state index contributed by atoms with van der Waals surface area (Å²) in [5.74, 6) is 1.91. The van der Waals surface area contributed by atoms with E-state index in [4.69, 9.17) is 4.74 Å². The lowest BCUT2D eigenvalue weighted by molar-refractivity contribution is 0.413. The van der Waals surface area contributed by atoms with Crippen LogP contribution in [0.2, 0.25) is 0 Å². The number of nitrogens with zero attached hydrogens (tertiary/aromatic N) is 2. The summed E-state index contributed by atoms with van der Waals surface area (Å²) in [6, 6.07) is 17.5. The summed E-state index contributed by atoms with van der Waals surface area (Å²) in [5, 5.41) is 0. The fraction of sp³-hybridized carbons (Fsp3) is 0.167. The smallest absolute Gasteiger partial charge is 0.121 e. The molecule has 2 aromatic carbocycles. The number of hydrogen-bond donors (Lipinski definition) is 0. The van der Waals surface area contributed by atoms with Gasteiger partial charge in [-0.1, -0.05) is 36.4 Å². The van der Waals surface area contributed by atoms with Gasteiger partial charge in [-0.2, -0.15) is 0 Å². The summed E-state index contributed by atoms with van der Waals surface area (Å²) >= 11 is 0. The topological polar surface area (TPSA) is 44.1 Å². The number of imidazole rings is 1. The molecule has 1 heterocycles. The van der Waals surface area contributed by atoms with Crippen LogP contribution in [0.25, 0.3) is 0 Å². The maximum absolute atomic E-state index is 12.6. The van der Waals surface area contributed by atoms with Crippen molar-refractivity contribution in [2.45, 2.75) is 17.2 Å². The molecule has 1 aromatic heterocycles. The zero-order chi connectivity index (χ0) is 16.1. The van der Waals surface area contributed by atoms with E-state index in [0.717, 1.165) is 17.3 Å². The standard InChI is InChI=1S/C18H18N2O2S/c1-22-16-8-5-9-17(12-16)23(21)14-18-19-10-11-20(18)13-15-6-3-2-4-7-15/h2-12H,13-14H2,1H3. The SMILES string of the molecule is COc1cccc(S(=O)Cc2nccn2Cc2ccccc2)c1. The van der Waals surface area contributed by atoms with E-state index in [1.807, 2.05) is 47.2 Å². The first kappa shape index (κ1) is 15.5. The van der Waals surface area contributed by atoms with Crippen molar-refractivity contribution < 1.29 is 8.95 Å². The molecular formula is C18H18N2O2S. The third-order valence-electron chi connectivity index (χ3n) is 3.56. The summed E-state index contributed by atoms with van der Waals surface area (Å²) in [6.07, 6.45) is 3.67. The molecule has 0 aliphatic rings. The number of aromatic nitrogens is 2. The largest absolute Gasteiger partial charge is 0.497 e. The lowest BCUT2D eigenvalue weighted by atomic mass is 10.2. The Morgan fingerprint density at radius 1 is 1.13 bits per heavy atom. The maximum atomic E-state index is 12.6. The molecule has 3 aromatic rings. The van der Waals surface area contributed by atoms with Crippen molar-refractivity contribution in [1.29, 1.82) is 0 Å². The van der Waals surface area contributed by atoms with Crippen LogP contribution in [-0.4, -0.2) is 20.9 Å². The zero-order valence-corrected chi connectivity index (χ0v) is 13.7. The predicted octanol–water partition coefficient (Wildman–Crippen LogP) is 3.25. The van der Waals surface area contributed by atoms with Crippen molar-refractivity contribution in [3.05, 3.63) is 78.4 Å². The van der Waals surface area contributed by atoms with Crippen LogP contribution in [-0.2, 0) is 23.1 Å². The molecule has 0 spiro atoms. The molecule has 1 unspecified atom stereocenters. The Balaban J connectivity index is 1.75. The van der Waals surface area contributed by atoms with Crippen LogP contribution in [0, 0.1) is 0 Å². The van der Waals surface area contributed by atoms with Crippen molar-refractivity contribution in [3.63, 3.8) is 0 Å². The minimum absolute atomic E-state index is 0.382. The lowest BCUT2D eigenvalue weighted by Gasteiger charge is -2.09. The molecule has 0 bridgehead atoms. The van der Waals surface area contributed by atoms with Gasteiger partial charge in [0, 0.05) is 23.8 Å². The number of rotatable bonds is 6. The quantitative estimate of drug-likeness (QED) is 0.698. The highest BCUT2D eigenvalue weighted by Crippen LogP contribution is 2.18. The van der Waals surface area contributed by atoms with Crippen molar-refractivity contribution >= 4 is 10.8 Å². The molecule has 5 heteroatoms. The average Bonchev–Trinajstić information content (AvgIpc) is 3.02. The third-order valence-corrected chi connectivity index (χ3v) is 4.86. The summed E-state index contributed by atoms with van der Waals surface area (Å²) in [6.45, 7) is 0.728. The van der Waals surface area contributed by atoms with Crippen LogP contribution in [0.15, 0.2) is 71.9 Å². The average molecular weight is 326 g/mol. The molecule has 23 heavy (non-hydrogen) atoms. The molecule has 0 saturated carbocycles. The van der Waals surface area contributed by atoms with Crippen LogP contribution in [0.4, 0.5) is 0 Å². The highest BCUT2D eigenvalue weighted by atomic mass is 32.2. The summed E-state index contributed by atoms with van der Waals surface area (Å²) in [4.78, 5) is 5.11. The fourth-order valence-corrected chi connectivity index (χ4v) is 3.47. The molecule has 0 aliphatic heterocycles. The van der Waals surface area contributed by atoms with E-state index >= 15 is 0 Å². The normalized spacial score (nSPS) is 12.0. The van der Waals surface area contributed by atoms with Crippen molar-refractivity contribution in [3.8, 4) is 5.75 Å². The number of hydrogen-bond acceptors (Lipinski definition) is 3. The maximum Gasteiger partial charge on any atom is 0.121 e. The molecule has 0 radical (unpaired) electrons. The highest BCUT2D eigenvalue weighted by molar-refractivity contribution is 7.84. The van der Waals surface area contributed by atoms with Gasteiger partial charge in [0.2, 0.25) is 0 Å². The highest BCUT2D eigenvalue weighted by Gasteiger charge is 2.11. The van der Waals surface area contributed by atoms with Gasteiger partial charge in [-0.05, 0) is 23.8 Å². The summed E-state index contributed by atoms with van der Waals surface area (Å²) in [7, 11) is 0.449. The Hall–Kier alpha value is -2.40. The number of ether oxygens (including phenoxy) is 1. The first-order valence-electron chi connectivity index (χ1n) is 7.32. The second-order valence-electron chi connectivity index (χ2n) is 5.13. The van der Waals surface area contributed by atoms with Crippen LogP contribution < -0.4 is 4.74 Å². The van der Waals surface area contributed by atoms with E-state index in [9.17, 15) is 4.21 Å². The second kappa shape index (κ2) is 7.24. The molecule has 1 atom stereocenters. The number of methoxy groups -OCH3 is 1. The summed E-state index contributed by atoms with van der Waals surface area (Å²) < 4.78 is 19.8. The van der Waals surface area contributed by atoms with Crippen LogP contribution in [0.3, 0.4) is 0 Å². The van der Waals surface area contributed by atoms with Gasteiger partial charge in [-0.15, -0.1) is 0 Å². The first-order chi connectivity index (χ1) is 11.3. The van der Waals surface area contributed by atoms with Gasteiger partial charge >= 0.3 is 0 Å². The van der Waals surface area contributed by atoms with E-state index in [1.165, 1.54) is 5.56 Å². The molecule has 0 N–H and O–H groups in total. The van der Waals surface area contributed by atoms with Gasteiger partial charge in [0.1, 0.15) is 11.6 Å². The summed E-state index contributed by atoms with van der Waals surface area (Å²) in [5.41, 5.74) is 1.19. The van der Waals surface area contributed by atoms with Gasteiger partial charge in [0.25, 0.3) is 0 Å². The van der Waals surface area contributed by atoms with Gasteiger partial charge < -0.3 is 9.30 Å². The van der Waals surface area contributed by atoms with E-state index < -0.39 is 10.8 Å². The number of benzene rings is 2. The molecular weight excluding hydrogens is 308 g/mol. The zero-order valence-electron chi connectivity index (χ0n) is 12.9. The van der Waals surface area contributed by atoms with Gasteiger partial charge in [0.15, 0.2) is 0 Å². The second-order valence-corrected chi connectivity index (χ2v) is 6.58. The third kappa shape index (κ3) is 3.87. The minimum atomic E-state index is -1.16. The Morgan fingerprint density at radius 3 is 2.74 bits per heavy atom. The molecule has 118 valence electrons. The first-order valence-corrected chi connectivity index (χ1v) is 8.64. The van der Waals surface area contributed by atoms with Crippen molar-refractivity contribution in [2.24, 2.45) is 0 Å². The van der Waals surface area contributed by atoms with Crippen LogP contribution in [0.1, 0.15) is 11.4 Å². The van der Waals surface area contributed by atoms with Gasteiger partial charge in [-0.3, -0.25) is 4.21 Å². The van der Waals surface area contributed by atoms with E-state index in [2.05, 4.69) is 17.1 Å². The molecule has 0 amide bonds. The van der Waals surface area contributed by atoms with Crippen LogP contribution in [0.5, 0.6) is 5.75 Å². The van der Waals surface area contributed by atoms with E-state index in [-0.39, 0.29) is 0 Å². The van der Waals surface area contributed by atoms with Crippen LogP contribution >= 0.6 is 0 Å². The lowest BCUT2D eigenvalue weighted by Crippen LogP contribution is -2.07. The Labute approximate surface area is 138 Å². The molecule has 0 aliphatic carbocycles. The molecule has 3 rings (SSSR count). The Kier molecular flexibility index (Phi) is 4.88. The fourth-order valence-electron chi connectivity index (χ4n) is 2.35. The minimum Gasteiger partial charge on any atom is -0.497 e. The van der Waals surface area contributed by atoms with E-state index in [0.29, 0.717) is 11.5 Å². The van der Waals surface area contributed by atoms with Gasteiger partial charge in [-0.25, -0.2) is 4.98 Å². The monoisotopic (exact) mass is 326 g/mol. The van der Waals surface area contributed by atoms with E-state index in [1.54, 1.807) is 19.4 Å². The Bertz CT molecular complexity index is 800. The predicted molar refractivity (Wildman–Crippen MR) is 90.9 cm³/mol. The van der Waals surface area contributed by atoms with Gasteiger partial charge in [0.05, 0.1) is 23.7 Å². The molecule has 0 saturated heterocycles. The molecule has 4 nitrogen and oxygen atoms in total.